The van der Waals surface area contributed by atoms with Crippen LogP contribution in [0.5, 0.6) is 0 Å². The molecule has 0 rings (SSSR count). The van der Waals surface area contributed by atoms with Crippen molar-refractivity contribution in [3.63, 3.8) is 0 Å². The number of hydrogen-bond donors (Lipinski definition) is 2. The van der Waals surface area contributed by atoms with Gasteiger partial charge in [-0.1, -0.05) is 0 Å². The maximum absolute atomic E-state index is 9.45. The quantitative estimate of drug-likeness (QED) is 0.485. The maximum Gasteiger partial charge on any atom is 0.472 e. The predicted molar refractivity (Wildman–Crippen MR) is 22.8 cm³/mol. The molecule has 0 fully saturated rings. The van der Waals surface area contributed by atoms with Crippen LogP contribution in [0.25, 0.3) is 0 Å². The Morgan fingerprint density at radius 1 is 1.67 bits per heavy atom. The summed E-state index contributed by atoms with van der Waals surface area (Å²) in [7, 11) is -2.72. The van der Waals surface area contributed by atoms with Gasteiger partial charge in [0.15, 0.2) is 0 Å². The summed E-state index contributed by atoms with van der Waals surface area (Å²) >= 11 is 0. The lowest BCUT2D eigenvalue weighted by Gasteiger charge is -1.93. The number of phosphoric acid groups is 1. The van der Waals surface area contributed by atoms with Crippen molar-refractivity contribution in [1.82, 2.24) is 0 Å². The molecule has 38 valence electrons. The van der Waals surface area contributed by atoms with E-state index in [1.54, 1.807) is 0 Å². The molecule has 0 radical (unpaired) electrons. The predicted octanol–water partition coefficient (Wildman–Crippen LogP) is -0.114. The first kappa shape index (κ1) is 6.54. The SMILES string of the molecule is O=P(O)(O)OP. The molecule has 2 N–H and O–H groups in total. The Morgan fingerprint density at radius 3 is 1.83 bits per heavy atom. The van der Waals surface area contributed by atoms with E-state index < -0.39 is 7.82 Å². The van der Waals surface area contributed by atoms with Crippen LogP contribution in [0, 0.1) is 0 Å². The van der Waals surface area contributed by atoms with E-state index in [0.29, 0.717) is 0 Å². The van der Waals surface area contributed by atoms with Gasteiger partial charge in [-0.25, -0.2) is 4.57 Å². The summed E-state index contributed by atoms with van der Waals surface area (Å²) < 4.78 is 13.0. The van der Waals surface area contributed by atoms with Crippen molar-refractivity contribution in [2.75, 3.05) is 0 Å². The lowest BCUT2D eigenvalue weighted by molar-refractivity contribution is 0.298. The van der Waals surface area contributed by atoms with Gasteiger partial charge in [0.25, 0.3) is 0 Å². The molecule has 0 spiro atoms. The molecule has 0 heterocycles. The zero-order chi connectivity index (χ0) is 5.21. The molecule has 6 heteroatoms. The van der Waals surface area contributed by atoms with Crippen LogP contribution < -0.4 is 0 Å². The largest absolute Gasteiger partial charge is 0.472 e. The van der Waals surface area contributed by atoms with Gasteiger partial charge in [0.1, 0.15) is 0 Å². The van der Waals surface area contributed by atoms with E-state index in [0.717, 1.165) is 0 Å². The van der Waals surface area contributed by atoms with E-state index >= 15 is 0 Å². The molecule has 1 atom stereocenters. The van der Waals surface area contributed by atoms with Crippen LogP contribution in [0.2, 0.25) is 0 Å². The first-order valence-electron chi connectivity index (χ1n) is 1.00. The van der Waals surface area contributed by atoms with Crippen LogP contribution in [-0.2, 0) is 8.88 Å². The Hall–Kier alpha value is 0.540. The van der Waals surface area contributed by atoms with Crippen LogP contribution in [-0.4, -0.2) is 9.79 Å². The molecule has 0 saturated carbocycles. The summed E-state index contributed by atoms with van der Waals surface area (Å²) in [5, 5.41) is 0. The van der Waals surface area contributed by atoms with Crippen molar-refractivity contribution in [2.45, 2.75) is 0 Å². The first-order valence-corrected chi connectivity index (χ1v) is 3.00. The van der Waals surface area contributed by atoms with Crippen molar-refractivity contribution in [2.24, 2.45) is 0 Å². The van der Waals surface area contributed by atoms with Crippen molar-refractivity contribution < 1.29 is 18.7 Å². The van der Waals surface area contributed by atoms with Gasteiger partial charge in [-0.2, -0.15) is 0 Å². The molecule has 0 amide bonds. The van der Waals surface area contributed by atoms with Crippen molar-refractivity contribution in [1.29, 1.82) is 0 Å². The number of hydrogen-bond acceptors (Lipinski definition) is 2. The molecule has 0 bridgehead atoms. The first-order chi connectivity index (χ1) is 2.56. The van der Waals surface area contributed by atoms with E-state index in [2.05, 4.69) is 4.31 Å². The average molecular weight is 130 g/mol. The Labute approximate surface area is 37.0 Å². The Kier molecular flexibility index (Phi) is 2.19. The van der Waals surface area contributed by atoms with Crippen LogP contribution in [0.15, 0.2) is 0 Å². The monoisotopic (exact) mass is 130 g/mol. The third kappa shape index (κ3) is 4.54. The van der Waals surface area contributed by atoms with Crippen molar-refractivity contribution in [3.05, 3.63) is 0 Å². The van der Waals surface area contributed by atoms with E-state index in [1.807, 2.05) is 0 Å². The zero-order valence-electron chi connectivity index (χ0n) is 2.74. The molecular weight excluding hydrogens is 126 g/mol. The number of rotatable bonds is 1. The van der Waals surface area contributed by atoms with Crippen molar-refractivity contribution in [3.8, 4) is 0 Å². The van der Waals surface area contributed by atoms with Crippen molar-refractivity contribution >= 4 is 17.3 Å². The highest BCUT2D eigenvalue weighted by Crippen LogP contribution is 2.38. The molecule has 4 nitrogen and oxygen atoms in total. The van der Waals surface area contributed by atoms with Gasteiger partial charge in [0.05, 0.1) is 0 Å². The lowest BCUT2D eigenvalue weighted by atomic mass is 15.7. The van der Waals surface area contributed by atoms with Gasteiger partial charge in [-0.05, 0) is 0 Å². The molecular formula is H4O4P2. The smallest absolute Gasteiger partial charge is 0.302 e. The summed E-state index contributed by atoms with van der Waals surface area (Å²) in [6, 6.07) is 0. The molecule has 0 aromatic rings. The minimum Gasteiger partial charge on any atom is -0.302 e. The maximum atomic E-state index is 9.45. The van der Waals surface area contributed by atoms with Crippen LogP contribution in [0.1, 0.15) is 0 Å². The fraction of sp³-hybridized carbons (Fsp3) is 0. The van der Waals surface area contributed by atoms with Gasteiger partial charge >= 0.3 is 7.82 Å². The van der Waals surface area contributed by atoms with Crippen LogP contribution in [0.4, 0.5) is 0 Å². The molecule has 0 aromatic carbocycles. The van der Waals surface area contributed by atoms with Gasteiger partial charge in [0, 0.05) is 9.47 Å². The minimum atomic E-state index is -4.18. The van der Waals surface area contributed by atoms with Gasteiger partial charge in [0.2, 0.25) is 0 Å². The second-order valence-corrected chi connectivity index (χ2v) is 2.42. The third-order valence-corrected chi connectivity index (χ3v) is 1.24. The van der Waals surface area contributed by atoms with E-state index in [9.17, 15) is 4.57 Å². The summed E-state index contributed by atoms with van der Waals surface area (Å²) in [6.45, 7) is 0. The Morgan fingerprint density at radius 2 is 1.83 bits per heavy atom. The standard InChI is InChI=1S/H4O4P2/c1-6(2,3)4-5/h5H2,(H2,1,2,3). The summed E-state index contributed by atoms with van der Waals surface area (Å²) in [5.41, 5.74) is 0. The van der Waals surface area contributed by atoms with E-state index in [4.69, 9.17) is 9.79 Å². The molecule has 0 aromatic heterocycles. The fourth-order valence-electron chi connectivity index (χ4n) is 0. The lowest BCUT2D eigenvalue weighted by Crippen LogP contribution is -1.69. The second kappa shape index (κ2) is 2.01. The van der Waals surface area contributed by atoms with Crippen LogP contribution in [0.3, 0.4) is 0 Å². The average Bonchev–Trinajstić information content (AvgIpc) is 1.35. The highest BCUT2D eigenvalue weighted by molar-refractivity contribution is 7.51. The fourth-order valence-corrected chi connectivity index (χ4v) is 0. The highest BCUT2D eigenvalue weighted by atomic mass is 31.2. The summed E-state index contributed by atoms with van der Waals surface area (Å²) in [5.74, 6) is 0. The molecule has 1 unspecified atom stereocenters. The molecule has 0 saturated heterocycles. The zero-order valence-corrected chi connectivity index (χ0v) is 4.78. The van der Waals surface area contributed by atoms with Crippen LogP contribution >= 0.6 is 17.3 Å². The summed E-state index contributed by atoms with van der Waals surface area (Å²) in [6.07, 6.45) is 0. The van der Waals surface area contributed by atoms with Gasteiger partial charge < -0.3 is 9.79 Å². The third-order valence-electron chi connectivity index (χ3n) is 0.137. The molecule has 0 aliphatic carbocycles. The minimum absolute atomic E-state index is 1.46. The van der Waals surface area contributed by atoms with E-state index in [1.165, 1.54) is 9.47 Å². The highest BCUT2D eigenvalue weighted by Gasteiger charge is 2.07. The molecule has 0 aliphatic heterocycles. The second-order valence-electron chi connectivity index (χ2n) is 0.596. The molecule has 0 aliphatic rings. The normalized spacial score (nSPS) is 11.8. The topological polar surface area (TPSA) is 66.8 Å². The summed E-state index contributed by atoms with van der Waals surface area (Å²) in [4.78, 5) is 15.4. The van der Waals surface area contributed by atoms with Gasteiger partial charge in [-0.15, -0.1) is 0 Å². The van der Waals surface area contributed by atoms with Gasteiger partial charge in [-0.3, -0.25) is 4.31 Å². The Balaban J connectivity index is 3.48. The van der Waals surface area contributed by atoms with E-state index in [-0.39, 0.29) is 0 Å². The Bertz CT molecular complexity index is 69.6. The molecule has 6 heavy (non-hydrogen) atoms.